The highest BCUT2D eigenvalue weighted by molar-refractivity contribution is 9.10. The minimum absolute atomic E-state index is 0.00796. The van der Waals surface area contributed by atoms with Crippen molar-refractivity contribution in [3.63, 3.8) is 0 Å². The van der Waals surface area contributed by atoms with Crippen molar-refractivity contribution in [2.75, 3.05) is 5.73 Å². The molecule has 0 fully saturated rings. The van der Waals surface area contributed by atoms with Gasteiger partial charge in [-0.2, -0.15) is 0 Å². The topological polar surface area (TPSA) is 52.3 Å². The van der Waals surface area contributed by atoms with Crippen molar-refractivity contribution in [2.45, 2.75) is 6.61 Å². The highest BCUT2D eigenvalue weighted by Gasteiger charge is 2.09. The minimum Gasteiger partial charge on any atom is -0.457 e. The number of nitrogen functional groups attached to an aromatic ring is 1. The first-order valence-electron chi connectivity index (χ1n) is 5.53. The van der Waals surface area contributed by atoms with Gasteiger partial charge in [0.25, 0.3) is 0 Å². The smallest absolute Gasteiger partial charge is 0.338 e. The summed E-state index contributed by atoms with van der Waals surface area (Å²) in [6.45, 7) is -0.00796. The molecule has 0 aliphatic rings. The summed E-state index contributed by atoms with van der Waals surface area (Å²) in [5, 5.41) is 0. The Hall–Kier alpha value is -1.88. The first kappa shape index (κ1) is 13.5. The van der Waals surface area contributed by atoms with Crippen LogP contribution in [0.25, 0.3) is 0 Å². The summed E-state index contributed by atoms with van der Waals surface area (Å²) < 4.78 is 18.9. The van der Waals surface area contributed by atoms with E-state index in [0.29, 0.717) is 21.3 Å². The normalized spacial score (nSPS) is 10.2. The van der Waals surface area contributed by atoms with Crippen LogP contribution < -0.4 is 5.73 Å². The number of rotatable bonds is 3. The number of hydrogen-bond donors (Lipinski definition) is 1. The first-order valence-corrected chi connectivity index (χ1v) is 6.32. The van der Waals surface area contributed by atoms with Crippen molar-refractivity contribution in [1.29, 1.82) is 0 Å². The number of esters is 1. The lowest BCUT2D eigenvalue weighted by molar-refractivity contribution is 0.0471. The average Bonchev–Trinajstić information content (AvgIpc) is 2.39. The predicted molar refractivity (Wildman–Crippen MR) is 74.1 cm³/mol. The van der Waals surface area contributed by atoms with Crippen LogP contribution in [0.2, 0.25) is 0 Å². The van der Waals surface area contributed by atoms with Crippen molar-refractivity contribution < 1.29 is 13.9 Å². The predicted octanol–water partition coefficient (Wildman–Crippen LogP) is 3.53. The fourth-order valence-corrected chi connectivity index (χ4v) is 1.91. The minimum atomic E-state index is -0.497. The molecule has 0 aromatic heterocycles. The molecule has 0 unspecified atom stereocenters. The number of carbonyl (C=O) groups excluding carboxylic acids is 1. The first-order chi connectivity index (χ1) is 9.06. The molecule has 0 bridgehead atoms. The quantitative estimate of drug-likeness (QED) is 0.694. The molecule has 0 radical (unpaired) electrons. The molecular weight excluding hydrogens is 313 g/mol. The molecule has 0 atom stereocenters. The Kier molecular flexibility index (Phi) is 4.16. The number of benzene rings is 2. The van der Waals surface area contributed by atoms with Gasteiger partial charge in [-0.25, -0.2) is 9.18 Å². The largest absolute Gasteiger partial charge is 0.457 e. The van der Waals surface area contributed by atoms with Gasteiger partial charge in [0.2, 0.25) is 0 Å². The summed E-state index contributed by atoms with van der Waals surface area (Å²) in [4.78, 5) is 11.8. The van der Waals surface area contributed by atoms with Gasteiger partial charge < -0.3 is 10.5 Å². The molecule has 0 amide bonds. The van der Waals surface area contributed by atoms with Crippen LogP contribution in [0.5, 0.6) is 0 Å². The van der Waals surface area contributed by atoms with Crippen LogP contribution in [0.3, 0.4) is 0 Å². The second kappa shape index (κ2) is 5.84. The summed E-state index contributed by atoms with van der Waals surface area (Å²) in [5.41, 5.74) is 7.01. The number of ether oxygens (including phenoxy) is 1. The molecule has 5 heteroatoms. The van der Waals surface area contributed by atoms with Gasteiger partial charge in [0.1, 0.15) is 12.4 Å². The maximum Gasteiger partial charge on any atom is 0.338 e. The van der Waals surface area contributed by atoms with Gasteiger partial charge in [-0.15, -0.1) is 0 Å². The van der Waals surface area contributed by atoms with E-state index in [4.69, 9.17) is 10.5 Å². The van der Waals surface area contributed by atoms with Crippen LogP contribution in [0.4, 0.5) is 10.1 Å². The van der Waals surface area contributed by atoms with Crippen molar-refractivity contribution in [3.8, 4) is 0 Å². The third-order valence-electron chi connectivity index (χ3n) is 2.49. The zero-order valence-corrected chi connectivity index (χ0v) is 11.5. The van der Waals surface area contributed by atoms with Crippen LogP contribution in [-0.2, 0) is 11.3 Å². The highest BCUT2D eigenvalue weighted by atomic mass is 79.9. The Morgan fingerprint density at radius 2 is 2.05 bits per heavy atom. The molecule has 98 valence electrons. The van der Waals surface area contributed by atoms with Gasteiger partial charge in [-0.3, -0.25) is 0 Å². The van der Waals surface area contributed by atoms with E-state index < -0.39 is 5.97 Å². The van der Waals surface area contributed by atoms with E-state index in [9.17, 15) is 9.18 Å². The zero-order chi connectivity index (χ0) is 13.8. The Morgan fingerprint density at radius 3 is 2.79 bits per heavy atom. The molecular formula is C14H11BrFNO2. The summed E-state index contributed by atoms with van der Waals surface area (Å²) in [6.07, 6.45) is 0. The average molecular weight is 324 g/mol. The standard InChI is InChI=1S/C14H11BrFNO2/c15-13-5-4-11(16)6-10(13)8-19-14(18)9-2-1-3-12(17)7-9/h1-7H,8,17H2. The molecule has 0 heterocycles. The molecule has 3 nitrogen and oxygen atoms in total. The third kappa shape index (κ3) is 3.54. The van der Waals surface area contributed by atoms with E-state index >= 15 is 0 Å². The molecule has 0 spiro atoms. The fraction of sp³-hybridized carbons (Fsp3) is 0.0714. The van der Waals surface area contributed by atoms with Gasteiger partial charge >= 0.3 is 5.97 Å². The number of nitrogens with two attached hydrogens (primary N) is 1. The van der Waals surface area contributed by atoms with Crippen molar-refractivity contribution >= 4 is 27.6 Å². The Morgan fingerprint density at radius 1 is 1.26 bits per heavy atom. The Bertz CT molecular complexity index is 616. The van der Waals surface area contributed by atoms with E-state index in [-0.39, 0.29) is 12.4 Å². The zero-order valence-electron chi connectivity index (χ0n) is 9.90. The SMILES string of the molecule is Nc1cccc(C(=O)OCc2cc(F)ccc2Br)c1. The summed E-state index contributed by atoms with van der Waals surface area (Å²) >= 11 is 3.27. The van der Waals surface area contributed by atoms with Crippen LogP contribution in [0.15, 0.2) is 46.9 Å². The summed E-state index contributed by atoms with van der Waals surface area (Å²) in [5.74, 6) is -0.873. The molecule has 2 aromatic rings. The van der Waals surface area contributed by atoms with Gasteiger partial charge in [-0.05, 0) is 36.4 Å². The molecule has 0 aliphatic carbocycles. The van der Waals surface area contributed by atoms with E-state index in [1.807, 2.05) is 0 Å². The number of carbonyl (C=O) groups is 1. The molecule has 0 saturated carbocycles. The molecule has 2 rings (SSSR count). The maximum absolute atomic E-state index is 13.1. The van der Waals surface area contributed by atoms with E-state index in [1.54, 1.807) is 24.3 Å². The Balaban J connectivity index is 2.06. The highest BCUT2D eigenvalue weighted by Crippen LogP contribution is 2.19. The molecule has 19 heavy (non-hydrogen) atoms. The monoisotopic (exact) mass is 323 g/mol. The number of hydrogen-bond acceptors (Lipinski definition) is 3. The van der Waals surface area contributed by atoms with Crippen molar-refractivity contribution in [3.05, 3.63) is 63.9 Å². The lowest BCUT2D eigenvalue weighted by Crippen LogP contribution is -2.06. The molecule has 2 aromatic carbocycles. The summed E-state index contributed by atoms with van der Waals surface area (Å²) in [7, 11) is 0. The van der Waals surface area contributed by atoms with Crippen LogP contribution in [-0.4, -0.2) is 5.97 Å². The van der Waals surface area contributed by atoms with Gasteiger partial charge in [0.05, 0.1) is 5.56 Å². The van der Waals surface area contributed by atoms with Crippen molar-refractivity contribution in [2.24, 2.45) is 0 Å². The van der Waals surface area contributed by atoms with E-state index in [2.05, 4.69) is 15.9 Å². The second-order valence-electron chi connectivity index (χ2n) is 3.94. The van der Waals surface area contributed by atoms with E-state index in [1.165, 1.54) is 18.2 Å². The third-order valence-corrected chi connectivity index (χ3v) is 3.26. The van der Waals surface area contributed by atoms with Crippen LogP contribution >= 0.6 is 15.9 Å². The lowest BCUT2D eigenvalue weighted by atomic mass is 10.2. The van der Waals surface area contributed by atoms with Crippen LogP contribution in [0.1, 0.15) is 15.9 Å². The maximum atomic E-state index is 13.1. The van der Waals surface area contributed by atoms with Gasteiger partial charge in [-0.1, -0.05) is 22.0 Å². The van der Waals surface area contributed by atoms with E-state index in [0.717, 1.165) is 0 Å². The molecule has 2 N–H and O–H groups in total. The second-order valence-corrected chi connectivity index (χ2v) is 4.79. The summed E-state index contributed by atoms with van der Waals surface area (Å²) in [6, 6.07) is 10.7. The number of halogens is 2. The number of anilines is 1. The van der Waals surface area contributed by atoms with Gasteiger partial charge in [0, 0.05) is 15.7 Å². The van der Waals surface area contributed by atoms with Crippen molar-refractivity contribution in [1.82, 2.24) is 0 Å². The fourth-order valence-electron chi connectivity index (χ4n) is 1.55. The van der Waals surface area contributed by atoms with Gasteiger partial charge in [0.15, 0.2) is 0 Å². The molecule has 0 saturated heterocycles. The van der Waals surface area contributed by atoms with Crippen LogP contribution in [0, 0.1) is 5.82 Å². The Labute approximate surface area is 118 Å². The molecule has 0 aliphatic heterocycles. The lowest BCUT2D eigenvalue weighted by Gasteiger charge is -2.07.